The van der Waals surface area contributed by atoms with Crippen molar-refractivity contribution in [1.29, 1.82) is 0 Å². The molecular formula is C15H23BN2O5. The normalized spacial score (nSPS) is 18.8. The zero-order chi connectivity index (χ0) is 17.4. The highest BCUT2D eigenvalue weighted by molar-refractivity contribution is 6.63. The van der Waals surface area contributed by atoms with E-state index in [1.807, 2.05) is 27.7 Å². The summed E-state index contributed by atoms with van der Waals surface area (Å²) < 4.78 is 16.9. The van der Waals surface area contributed by atoms with Crippen molar-refractivity contribution in [2.45, 2.75) is 45.8 Å². The fourth-order valence-electron chi connectivity index (χ4n) is 2.26. The Morgan fingerprint density at radius 3 is 2.30 bits per heavy atom. The molecule has 2 heterocycles. The number of hydrogen-bond donors (Lipinski definition) is 2. The standard InChI is InChI=1S/C15H23BN2O5/c1-7-21-13(20)10-8-9(11(18-10)12(19)17-6)16-22-14(2,3)15(4,5)23-16/h8,18H,7H2,1-6H3,(H,17,19). The van der Waals surface area contributed by atoms with Crippen LogP contribution in [0.3, 0.4) is 0 Å². The highest BCUT2D eigenvalue weighted by Gasteiger charge is 2.53. The third-order valence-electron chi connectivity index (χ3n) is 4.30. The Kier molecular flexibility index (Phi) is 4.59. The Morgan fingerprint density at radius 2 is 1.83 bits per heavy atom. The van der Waals surface area contributed by atoms with E-state index in [0.29, 0.717) is 5.46 Å². The molecule has 1 aliphatic rings. The topological polar surface area (TPSA) is 89.7 Å². The Bertz CT molecular complexity index is 607. The molecule has 1 aliphatic heterocycles. The molecular weight excluding hydrogens is 299 g/mol. The molecule has 2 rings (SSSR count). The highest BCUT2D eigenvalue weighted by Crippen LogP contribution is 2.36. The van der Waals surface area contributed by atoms with E-state index in [1.54, 1.807) is 13.0 Å². The number of H-pyrrole nitrogens is 1. The number of rotatable bonds is 4. The summed E-state index contributed by atoms with van der Waals surface area (Å²) >= 11 is 0. The molecule has 0 unspecified atom stereocenters. The minimum absolute atomic E-state index is 0.190. The van der Waals surface area contributed by atoms with Crippen LogP contribution < -0.4 is 10.8 Å². The number of carbonyl (C=O) groups is 2. The Hall–Kier alpha value is -1.80. The average molecular weight is 322 g/mol. The fourth-order valence-corrected chi connectivity index (χ4v) is 2.26. The summed E-state index contributed by atoms with van der Waals surface area (Å²) in [6.07, 6.45) is 0. The first-order chi connectivity index (χ1) is 10.6. The van der Waals surface area contributed by atoms with Crippen LogP contribution >= 0.6 is 0 Å². The van der Waals surface area contributed by atoms with Crippen LogP contribution in [0, 0.1) is 0 Å². The predicted molar refractivity (Wildman–Crippen MR) is 85.9 cm³/mol. The van der Waals surface area contributed by atoms with E-state index >= 15 is 0 Å². The zero-order valence-corrected chi connectivity index (χ0v) is 14.4. The van der Waals surface area contributed by atoms with Crippen molar-refractivity contribution < 1.29 is 23.6 Å². The van der Waals surface area contributed by atoms with Gasteiger partial charge in [0.15, 0.2) is 0 Å². The van der Waals surface area contributed by atoms with Gasteiger partial charge in [-0.3, -0.25) is 4.79 Å². The molecule has 8 heteroatoms. The molecule has 23 heavy (non-hydrogen) atoms. The van der Waals surface area contributed by atoms with Crippen LogP contribution in [-0.4, -0.2) is 48.8 Å². The van der Waals surface area contributed by atoms with Gasteiger partial charge in [0.05, 0.1) is 17.8 Å². The van der Waals surface area contributed by atoms with Crippen molar-refractivity contribution in [2.75, 3.05) is 13.7 Å². The lowest BCUT2D eigenvalue weighted by molar-refractivity contribution is 0.00578. The van der Waals surface area contributed by atoms with Gasteiger partial charge in [-0.1, -0.05) is 0 Å². The number of ether oxygens (including phenoxy) is 1. The molecule has 0 saturated carbocycles. The Balaban J connectivity index is 2.41. The van der Waals surface area contributed by atoms with Crippen LogP contribution in [0.2, 0.25) is 0 Å². The molecule has 0 aromatic carbocycles. The van der Waals surface area contributed by atoms with E-state index in [1.165, 1.54) is 7.05 Å². The van der Waals surface area contributed by atoms with Gasteiger partial charge in [-0.05, 0) is 40.7 Å². The van der Waals surface area contributed by atoms with Gasteiger partial charge in [0.1, 0.15) is 11.4 Å². The van der Waals surface area contributed by atoms with Gasteiger partial charge in [0, 0.05) is 12.5 Å². The lowest BCUT2D eigenvalue weighted by atomic mass is 9.78. The lowest BCUT2D eigenvalue weighted by Crippen LogP contribution is -2.41. The number of nitrogens with one attached hydrogen (secondary N) is 2. The maximum Gasteiger partial charge on any atom is 0.497 e. The first kappa shape index (κ1) is 17.6. The maximum absolute atomic E-state index is 12.1. The second kappa shape index (κ2) is 6.01. The van der Waals surface area contributed by atoms with Gasteiger partial charge in [0.25, 0.3) is 5.91 Å². The van der Waals surface area contributed by atoms with Crippen LogP contribution in [0.25, 0.3) is 0 Å². The van der Waals surface area contributed by atoms with Crippen molar-refractivity contribution >= 4 is 24.5 Å². The summed E-state index contributed by atoms with van der Waals surface area (Å²) in [5.74, 6) is -0.884. The molecule has 0 radical (unpaired) electrons. The van der Waals surface area contributed by atoms with Crippen molar-refractivity contribution in [3.05, 3.63) is 17.5 Å². The SMILES string of the molecule is CCOC(=O)c1cc(B2OC(C)(C)C(C)(C)O2)c(C(=O)NC)[nH]1. The Labute approximate surface area is 136 Å². The molecule has 0 spiro atoms. The van der Waals surface area contributed by atoms with Crippen LogP contribution in [0.4, 0.5) is 0 Å². The van der Waals surface area contributed by atoms with Crippen molar-refractivity contribution in [2.24, 2.45) is 0 Å². The molecule has 1 saturated heterocycles. The first-order valence-corrected chi connectivity index (χ1v) is 7.60. The number of carbonyl (C=O) groups excluding carboxylic acids is 2. The van der Waals surface area contributed by atoms with Gasteiger partial charge in [-0.2, -0.15) is 0 Å². The van der Waals surface area contributed by atoms with Gasteiger partial charge in [-0.15, -0.1) is 0 Å². The predicted octanol–water partition coefficient (Wildman–Crippen LogP) is 0.850. The number of aromatic nitrogens is 1. The summed E-state index contributed by atoms with van der Waals surface area (Å²) in [5.41, 5.74) is -0.187. The molecule has 1 amide bonds. The smallest absolute Gasteiger partial charge is 0.461 e. The lowest BCUT2D eigenvalue weighted by Gasteiger charge is -2.32. The molecule has 1 fully saturated rings. The van der Waals surface area contributed by atoms with Crippen LogP contribution in [0.15, 0.2) is 6.07 Å². The molecule has 0 bridgehead atoms. The van der Waals surface area contributed by atoms with E-state index in [9.17, 15) is 9.59 Å². The van der Waals surface area contributed by atoms with E-state index in [2.05, 4.69) is 10.3 Å². The first-order valence-electron chi connectivity index (χ1n) is 7.60. The maximum atomic E-state index is 12.1. The average Bonchev–Trinajstić information content (AvgIpc) is 2.98. The van der Waals surface area contributed by atoms with E-state index < -0.39 is 24.3 Å². The van der Waals surface area contributed by atoms with Crippen LogP contribution in [0.1, 0.15) is 55.6 Å². The number of aromatic amines is 1. The van der Waals surface area contributed by atoms with Crippen LogP contribution in [0.5, 0.6) is 0 Å². The molecule has 1 aromatic heterocycles. The molecule has 1 aromatic rings. The van der Waals surface area contributed by atoms with Gasteiger partial charge < -0.3 is 24.3 Å². The third kappa shape index (κ3) is 3.14. The second-order valence-corrected chi connectivity index (χ2v) is 6.40. The van der Waals surface area contributed by atoms with Gasteiger partial charge in [0.2, 0.25) is 0 Å². The minimum atomic E-state index is -0.744. The summed E-state index contributed by atoms with van der Waals surface area (Å²) in [7, 11) is 0.771. The second-order valence-electron chi connectivity index (χ2n) is 6.40. The highest BCUT2D eigenvalue weighted by atomic mass is 16.7. The van der Waals surface area contributed by atoms with Crippen molar-refractivity contribution in [3.8, 4) is 0 Å². The summed E-state index contributed by atoms with van der Waals surface area (Å²) in [4.78, 5) is 26.8. The van der Waals surface area contributed by atoms with Gasteiger partial charge >= 0.3 is 13.1 Å². The summed E-state index contributed by atoms with van der Waals surface area (Å²) in [6, 6.07) is 1.55. The quantitative estimate of drug-likeness (QED) is 0.634. The van der Waals surface area contributed by atoms with Crippen LogP contribution in [-0.2, 0) is 14.0 Å². The third-order valence-corrected chi connectivity index (χ3v) is 4.30. The number of hydrogen-bond acceptors (Lipinski definition) is 5. The summed E-state index contributed by atoms with van der Waals surface area (Å²) in [6.45, 7) is 9.66. The van der Waals surface area contributed by atoms with E-state index in [0.717, 1.165) is 0 Å². The zero-order valence-electron chi connectivity index (χ0n) is 14.4. The molecule has 0 atom stereocenters. The van der Waals surface area contributed by atoms with Crippen molar-refractivity contribution in [3.63, 3.8) is 0 Å². The number of amides is 1. The number of esters is 1. The molecule has 0 aliphatic carbocycles. The molecule has 126 valence electrons. The molecule has 7 nitrogen and oxygen atoms in total. The van der Waals surface area contributed by atoms with E-state index in [-0.39, 0.29) is 23.9 Å². The van der Waals surface area contributed by atoms with Crippen molar-refractivity contribution in [1.82, 2.24) is 10.3 Å². The fraction of sp³-hybridized carbons (Fsp3) is 0.600. The van der Waals surface area contributed by atoms with E-state index in [4.69, 9.17) is 14.0 Å². The molecule has 2 N–H and O–H groups in total. The largest absolute Gasteiger partial charge is 0.497 e. The monoisotopic (exact) mass is 322 g/mol. The van der Waals surface area contributed by atoms with Gasteiger partial charge in [-0.25, -0.2) is 4.79 Å². The Morgan fingerprint density at radius 1 is 1.26 bits per heavy atom. The minimum Gasteiger partial charge on any atom is -0.461 e. The summed E-state index contributed by atoms with van der Waals surface area (Å²) in [5, 5.41) is 2.54.